The summed E-state index contributed by atoms with van der Waals surface area (Å²) < 4.78 is 0. The Kier molecular flexibility index (Phi) is 40.3. The van der Waals surface area contributed by atoms with Gasteiger partial charge in [-0.2, -0.15) is 0 Å². The number of anilines is 1. The van der Waals surface area contributed by atoms with Crippen molar-refractivity contribution in [2.24, 2.45) is 0 Å². The minimum Gasteiger partial charge on any atom is -0.371 e. The van der Waals surface area contributed by atoms with Gasteiger partial charge in [-0.1, -0.05) is 271 Å². The Morgan fingerprint density at radius 2 is 0.564 bits per heavy atom. The van der Waals surface area contributed by atoms with E-state index in [2.05, 4.69) is 50.8 Å². The van der Waals surface area contributed by atoms with Crippen LogP contribution in [-0.4, -0.2) is 13.1 Å². The second-order valence-corrected chi connectivity index (χ2v) is 18.1. The van der Waals surface area contributed by atoms with Crippen molar-refractivity contribution in [1.82, 2.24) is 0 Å². The lowest BCUT2D eigenvalue weighted by Gasteiger charge is -2.29. The Morgan fingerprint density at radius 1 is 0.291 bits per heavy atom. The molecule has 324 valence electrons. The summed E-state index contributed by atoms with van der Waals surface area (Å²) in [6.07, 6.45) is 59.7. The molecule has 0 heterocycles. The molecule has 1 nitrogen and oxygen atoms in total. The predicted molar refractivity (Wildman–Crippen MR) is 253 cm³/mol. The van der Waals surface area contributed by atoms with E-state index in [4.69, 9.17) is 0 Å². The molecule has 0 amide bonds. The van der Waals surface area contributed by atoms with Crippen LogP contribution in [0.15, 0.2) is 18.2 Å². The van der Waals surface area contributed by atoms with Gasteiger partial charge in [-0.3, -0.25) is 0 Å². The van der Waals surface area contributed by atoms with Gasteiger partial charge in [0.15, 0.2) is 0 Å². The van der Waals surface area contributed by atoms with Crippen molar-refractivity contribution in [3.8, 4) is 0 Å². The number of hydrogen-bond acceptors (Lipinski definition) is 1. The van der Waals surface area contributed by atoms with Crippen molar-refractivity contribution in [3.05, 3.63) is 29.3 Å². The molecule has 0 bridgehead atoms. The number of hydrogen-bond donors (Lipinski definition) is 0. The van der Waals surface area contributed by atoms with Crippen LogP contribution in [-0.2, 0) is 12.8 Å². The zero-order chi connectivity index (χ0) is 39.5. The molecule has 1 aromatic carbocycles. The third-order valence-electron chi connectivity index (χ3n) is 12.7. The molecule has 1 heteroatoms. The number of nitrogens with zero attached hydrogens (tertiary/aromatic N) is 1. The molecular formula is C54H103N. The van der Waals surface area contributed by atoms with Gasteiger partial charge in [-0.25, -0.2) is 0 Å². The molecule has 0 aliphatic heterocycles. The Bertz CT molecular complexity index is 850. The molecule has 0 unspecified atom stereocenters. The van der Waals surface area contributed by atoms with Crippen LogP contribution in [0.1, 0.15) is 296 Å². The van der Waals surface area contributed by atoms with E-state index in [1.807, 2.05) is 0 Å². The van der Waals surface area contributed by atoms with Crippen molar-refractivity contribution in [2.75, 3.05) is 18.0 Å². The first-order valence-electron chi connectivity index (χ1n) is 26.1. The first kappa shape index (κ1) is 52.0. The second-order valence-electron chi connectivity index (χ2n) is 18.1. The Labute approximate surface area is 349 Å². The van der Waals surface area contributed by atoms with Crippen molar-refractivity contribution in [3.63, 3.8) is 0 Å². The van der Waals surface area contributed by atoms with Crippen LogP contribution in [0, 0.1) is 0 Å². The average Bonchev–Trinajstić information content (AvgIpc) is 3.20. The third-order valence-corrected chi connectivity index (χ3v) is 12.7. The van der Waals surface area contributed by atoms with Crippen LogP contribution in [0.5, 0.6) is 0 Å². The number of unbranched alkanes of at least 4 members (excludes halogenated alkanes) is 36. The summed E-state index contributed by atoms with van der Waals surface area (Å²) in [5, 5.41) is 0. The maximum absolute atomic E-state index is 2.89. The molecular weight excluding hydrogens is 663 g/mol. The highest BCUT2D eigenvalue weighted by molar-refractivity contribution is 5.57. The molecule has 0 aliphatic carbocycles. The lowest BCUT2D eigenvalue weighted by molar-refractivity contribution is 0.542. The van der Waals surface area contributed by atoms with Gasteiger partial charge in [0.2, 0.25) is 0 Å². The van der Waals surface area contributed by atoms with Gasteiger partial charge in [0.25, 0.3) is 0 Å². The average molecular weight is 766 g/mol. The van der Waals surface area contributed by atoms with E-state index in [0.29, 0.717) is 0 Å². The van der Waals surface area contributed by atoms with Crippen molar-refractivity contribution < 1.29 is 0 Å². The smallest absolute Gasteiger partial charge is 0.0401 e. The molecule has 0 aliphatic rings. The number of rotatable bonds is 45. The van der Waals surface area contributed by atoms with Crippen LogP contribution in [0.4, 0.5) is 5.69 Å². The molecule has 0 aromatic heterocycles. The van der Waals surface area contributed by atoms with E-state index in [0.717, 1.165) is 0 Å². The second kappa shape index (κ2) is 42.6. The number of aryl methyl sites for hydroxylation is 1. The molecule has 1 aromatic rings. The lowest BCUT2D eigenvalue weighted by Crippen LogP contribution is -2.27. The van der Waals surface area contributed by atoms with Gasteiger partial charge >= 0.3 is 0 Å². The third kappa shape index (κ3) is 32.6. The van der Waals surface area contributed by atoms with Crippen LogP contribution in [0.3, 0.4) is 0 Å². The molecule has 0 saturated carbocycles. The lowest BCUT2D eigenvalue weighted by atomic mass is 9.93. The van der Waals surface area contributed by atoms with E-state index in [1.54, 1.807) is 16.8 Å². The summed E-state index contributed by atoms with van der Waals surface area (Å²) in [5.74, 6) is 0. The minimum absolute atomic E-state index is 1.26. The molecule has 1 rings (SSSR count). The first-order valence-corrected chi connectivity index (χ1v) is 26.1. The largest absolute Gasteiger partial charge is 0.371 e. The standard InChI is InChI=1S/C54H103N/c1-5-9-13-17-21-25-29-33-37-41-46-52-47-45-49-54(53(52)48-42-38-34-30-26-22-18-14-10-6-2)55(50-43-39-35-31-27-23-19-15-11-7-3)51-44-40-36-32-28-24-20-16-12-8-4/h45,47,49H,5-44,46,48,50-51H2,1-4H3. The summed E-state index contributed by atoms with van der Waals surface area (Å²) in [6.45, 7) is 11.8. The first-order chi connectivity index (χ1) is 27.3. The maximum Gasteiger partial charge on any atom is 0.0401 e. The van der Waals surface area contributed by atoms with Crippen molar-refractivity contribution in [1.29, 1.82) is 0 Å². The SMILES string of the molecule is CCCCCCCCCCCCc1cccc(N(CCCCCCCCCCCC)CCCCCCCCCCCC)c1CCCCCCCCCCCC. The monoisotopic (exact) mass is 766 g/mol. The fourth-order valence-electron chi connectivity index (χ4n) is 8.97. The van der Waals surface area contributed by atoms with E-state index in [1.165, 1.54) is 283 Å². The fourth-order valence-corrected chi connectivity index (χ4v) is 8.97. The van der Waals surface area contributed by atoms with Gasteiger partial charge in [0, 0.05) is 18.8 Å². The molecule has 55 heavy (non-hydrogen) atoms. The topological polar surface area (TPSA) is 3.24 Å². The summed E-state index contributed by atoms with van der Waals surface area (Å²) in [7, 11) is 0. The normalized spacial score (nSPS) is 11.6. The predicted octanol–water partition coefficient (Wildman–Crippen LogP) is 19.3. The minimum atomic E-state index is 1.26. The fraction of sp³-hybridized carbons (Fsp3) is 0.889. The van der Waals surface area contributed by atoms with Gasteiger partial charge < -0.3 is 4.90 Å². The molecule has 0 saturated heterocycles. The Balaban J connectivity index is 2.83. The Hall–Kier alpha value is -0.980. The van der Waals surface area contributed by atoms with Gasteiger partial charge in [0.05, 0.1) is 0 Å². The molecule has 0 radical (unpaired) electrons. The van der Waals surface area contributed by atoms with E-state index >= 15 is 0 Å². The molecule has 0 fully saturated rings. The highest BCUT2D eigenvalue weighted by Gasteiger charge is 2.15. The van der Waals surface area contributed by atoms with Gasteiger partial charge in [-0.05, 0) is 55.7 Å². The summed E-state index contributed by atoms with van der Waals surface area (Å²) in [5.41, 5.74) is 5.08. The highest BCUT2D eigenvalue weighted by Crippen LogP contribution is 2.29. The van der Waals surface area contributed by atoms with E-state index in [9.17, 15) is 0 Å². The summed E-state index contributed by atoms with van der Waals surface area (Å²) in [6, 6.07) is 7.51. The zero-order valence-corrected chi connectivity index (χ0v) is 38.8. The zero-order valence-electron chi connectivity index (χ0n) is 38.8. The summed E-state index contributed by atoms with van der Waals surface area (Å²) in [4.78, 5) is 2.89. The Morgan fingerprint density at radius 3 is 0.891 bits per heavy atom. The number of benzene rings is 1. The van der Waals surface area contributed by atoms with Crippen LogP contribution in [0.2, 0.25) is 0 Å². The van der Waals surface area contributed by atoms with Gasteiger partial charge in [0.1, 0.15) is 0 Å². The van der Waals surface area contributed by atoms with Crippen LogP contribution >= 0.6 is 0 Å². The maximum atomic E-state index is 2.89. The molecule has 0 atom stereocenters. The van der Waals surface area contributed by atoms with Crippen molar-refractivity contribution in [2.45, 2.75) is 297 Å². The molecule has 0 spiro atoms. The van der Waals surface area contributed by atoms with Gasteiger partial charge in [-0.15, -0.1) is 0 Å². The van der Waals surface area contributed by atoms with Crippen LogP contribution in [0.25, 0.3) is 0 Å². The van der Waals surface area contributed by atoms with E-state index in [-0.39, 0.29) is 0 Å². The quantitative estimate of drug-likeness (QED) is 0.0598. The van der Waals surface area contributed by atoms with E-state index < -0.39 is 0 Å². The summed E-state index contributed by atoms with van der Waals surface area (Å²) >= 11 is 0. The van der Waals surface area contributed by atoms with Crippen LogP contribution < -0.4 is 4.90 Å². The molecule has 0 N–H and O–H groups in total. The van der Waals surface area contributed by atoms with Crippen molar-refractivity contribution >= 4 is 5.69 Å². The highest BCUT2D eigenvalue weighted by atomic mass is 15.1.